The predicted molar refractivity (Wildman–Crippen MR) is 138 cm³/mol. The molecular formula is C27H25F5N6O. The van der Waals surface area contributed by atoms with Crippen LogP contribution in [0, 0.1) is 11.6 Å². The lowest BCUT2D eigenvalue weighted by Gasteiger charge is -2.27. The second-order valence-corrected chi connectivity index (χ2v) is 9.15. The van der Waals surface area contributed by atoms with E-state index >= 15 is 4.39 Å². The van der Waals surface area contributed by atoms with Crippen molar-refractivity contribution < 1.29 is 26.7 Å². The lowest BCUT2D eigenvalue weighted by Crippen LogP contribution is -2.36. The number of fused-ring (bicyclic) bond motifs is 1. The molecule has 2 aromatic heterocycles. The van der Waals surface area contributed by atoms with Gasteiger partial charge in [-0.15, -0.1) is 0 Å². The summed E-state index contributed by atoms with van der Waals surface area (Å²) in [5.74, 6) is -1.66. The normalized spacial score (nSPS) is 14.5. The third-order valence-corrected chi connectivity index (χ3v) is 6.48. The molecule has 1 saturated heterocycles. The summed E-state index contributed by atoms with van der Waals surface area (Å²) in [4.78, 5) is 6.88. The van der Waals surface area contributed by atoms with Gasteiger partial charge < -0.3 is 15.4 Å². The summed E-state index contributed by atoms with van der Waals surface area (Å²) in [5.41, 5.74) is 1.42. The largest absolute Gasteiger partial charge is 0.416 e. The predicted octanol–water partition coefficient (Wildman–Crippen LogP) is 5.76. The number of alkyl halides is 3. The monoisotopic (exact) mass is 544 g/mol. The van der Waals surface area contributed by atoms with Crippen LogP contribution in [0.4, 0.5) is 33.3 Å². The smallest absolute Gasteiger partial charge is 0.379 e. The first kappa shape index (κ1) is 26.6. The van der Waals surface area contributed by atoms with Crippen LogP contribution in [0.3, 0.4) is 0 Å². The van der Waals surface area contributed by atoms with Crippen LogP contribution in [-0.4, -0.2) is 46.0 Å². The molecule has 204 valence electrons. The molecule has 1 fully saturated rings. The van der Waals surface area contributed by atoms with Gasteiger partial charge in [0.2, 0.25) is 0 Å². The van der Waals surface area contributed by atoms with Crippen molar-refractivity contribution in [3.05, 3.63) is 84.1 Å². The van der Waals surface area contributed by atoms with Gasteiger partial charge in [0.15, 0.2) is 0 Å². The topological polar surface area (TPSA) is 67.2 Å². The molecule has 3 heterocycles. The molecule has 4 aromatic rings. The number of halogens is 5. The summed E-state index contributed by atoms with van der Waals surface area (Å²) < 4.78 is 75.6. The van der Waals surface area contributed by atoms with Crippen molar-refractivity contribution in [1.82, 2.24) is 19.7 Å². The zero-order valence-corrected chi connectivity index (χ0v) is 20.9. The van der Waals surface area contributed by atoms with Gasteiger partial charge in [-0.2, -0.15) is 18.3 Å². The van der Waals surface area contributed by atoms with Crippen molar-refractivity contribution >= 4 is 22.3 Å². The Bertz CT molecular complexity index is 1530. The number of hydrogen-bond donors (Lipinski definition) is 2. The zero-order valence-electron chi connectivity index (χ0n) is 20.9. The maximum Gasteiger partial charge on any atom is 0.416 e. The number of nitrogens with zero attached hydrogens (tertiary/aromatic N) is 4. The van der Waals surface area contributed by atoms with E-state index in [0.717, 1.165) is 35.2 Å². The molecule has 5 rings (SSSR count). The highest BCUT2D eigenvalue weighted by Gasteiger charge is 2.31. The summed E-state index contributed by atoms with van der Waals surface area (Å²) in [6.07, 6.45) is -1.18. The highest BCUT2D eigenvalue weighted by molar-refractivity contribution is 5.95. The number of benzene rings is 2. The van der Waals surface area contributed by atoms with E-state index < -0.39 is 29.1 Å². The highest BCUT2D eigenvalue weighted by atomic mass is 19.4. The molecule has 12 heteroatoms. The molecule has 0 atom stereocenters. The molecule has 1 aliphatic rings. The molecule has 0 spiro atoms. The second kappa shape index (κ2) is 10.6. The first-order valence-corrected chi connectivity index (χ1v) is 12.1. The van der Waals surface area contributed by atoms with Crippen molar-refractivity contribution in [3.63, 3.8) is 0 Å². The Morgan fingerprint density at radius 1 is 1.00 bits per heavy atom. The number of aromatic nitrogens is 3. The van der Waals surface area contributed by atoms with Crippen LogP contribution in [0.25, 0.3) is 22.0 Å². The Hall–Kier alpha value is -4.03. The quantitative estimate of drug-likeness (QED) is 0.289. The van der Waals surface area contributed by atoms with E-state index in [9.17, 15) is 17.6 Å². The van der Waals surface area contributed by atoms with Crippen molar-refractivity contribution in [3.8, 4) is 11.1 Å². The molecule has 0 saturated carbocycles. The fourth-order valence-electron chi connectivity index (χ4n) is 4.49. The Kier molecular flexibility index (Phi) is 7.23. The van der Waals surface area contributed by atoms with Gasteiger partial charge in [0, 0.05) is 37.6 Å². The first-order chi connectivity index (χ1) is 18.6. The Labute approximate surface area is 220 Å². The van der Waals surface area contributed by atoms with Gasteiger partial charge >= 0.3 is 6.18 Å². The van der Waals surface area contributed by atoms with Crippen molar-refractivity contribution in [2.45, 2.75) is 12.7 Å². The lowest BCUT2D eigenvalue weighted by molar-refractivity contribution is -0.137. The average molecular weight is 545 g/mol. The maximum atomic E-state index is 15.3. The van der Waals surface area contributed by atoms with Crippen LogP contribution in [0.2, 0.25) is 0 Å². The third-order valence-electron chi connectivity index (χ3n) is 6.48. The molecule has 2 N–H and O–H groups in total. The first-order valence-electron chi connectivity index (χ1n) is 12.1. The number of aryl methyl sites for hydroxylation is 1. The maximum absolute atomic E-state index is 15.3. The second-order valence-electron chi connectivity index (χ2n) is 9.15. The minimum Gasteiger partial charge on any atom is -0.379 e. The molecule has 0 aliphatic carbocycles. The number of morpholine rings is 1. The van der Waals surface area contributed by atoms with Gasteiger partial charge in [-0.25, -0.2) is 8.78 Å². The summed E-state index contributed by atoms with van der Waals surface area (Å²) in [6.45, 7) is 6.96. The van der Waals surface area contributed by atoms with E-state index in [4.69, 9.17) is 4.74 Å². The van der Waals surface area contributed by atoms with Gasteiger partial charge in [-0.05, 0) is 35.9 Å². The SMILES string of the molecule is C=C(Nc1ccc(-c2c(CN3CCOCC3)ncc3c2cnn3C)cc1F)Nc1cc(C(F)(F)F)ccc1F. The van der Waals surface area contributed by atoms with Crippen molar-refractivity contribution in [2.24, 2.45) is 7.05 Å². The Morgan fingerprint density at radius 2 is 1.74 bits per heavy atom. The average Bonchev–Trinajstić information content (AvgIpc) is 3.27. The molecule has 39 heavy (non-hydrogen) atoms. The molecule has 0 unspecified atom stereocenters. The molecule has 0 bridgehead atoms. The molecular weight excluding hydrogens is 519 g/mol. The van der Waals surface area contributed by atoms with Crippen LogP contribution in [0.1, 0.15) is 11.3 Å². The van der Waals surface area contributed by atoms with Gasteiger partial charge in [-0.3, -0.25) is 14.6 Å². The number of rotatable bonds is 7. The van der Waals surface area contributed by atoms with E-state index in [1.54, 1.807) is 30.2 Å². The van der Waals surface area contributed by atoms with Crippen LogP contribution in [0.5, 0.6) is 0 Å². The van der Waals surface area contributed by atoms with Gasteiger partial charge in [0.25, 0.3) is 0 Å². The lowest BCUT2D eigenvalue weighted by atomic mass is 9.99. The Balaban J connectivity index is 1.41. The van der Waals surface area contributed by atoms with Crippen molar-refractivity contribution in [2.75, 3.05) is 36.9 Å². The van der Waals surface area contributed by atoms with Crippen LogP contribution < -0.4 is 10.6 Å². The summed E-state index contributed by atoms with van der Waals surface area (Å²) in [6, 6.07) is 6.49. The van der Waals surface area contributed by atoms with E-state index in [1.807, 2.05) is 0 Å². The molecule has 2 aromatic carbocycles. The third kappa shape index (κ3) is 5.71. The Morgan fingerprint density at radius 3 is 2.46 bits per heavy atom. The minimum atomic E-state index is -4.65. The fourth-order valence-corrected chi connectivity index (χ4v) is 4.49. The highest BCUT2D eigenvalue weighted by Crippen LogP contribution is 2.35. The summed E-state index contributed by atoms with van der Waals surface area (Å²) in [5, 5.41) is 10.3. The summed E-state index contributed by atoms with van der Waals surface area (Å²) >= 11 is 0. The van der Waals surface area contributed by atoms with E-state index in [0.29, 0.717) is 43.5 Å². The number of ether oxygens (including phenoxy) is 1. The zero-order chi connectivity index (χ0) is 27.7. The molecule has 7 nitrogen and oxygen atoms in total. The molecule has 1 aliphatic heterocycles. The summed E-state index contributed by atoms with van der Waals surface area (Å²) in [7, 11) is 1.80. The standard InChI is InChI=1S/C27H25F5N6O/c1-16(36-23-12-18(27(30,31)32)4-5-20(23)28)35-22-6-3-17(11-21(22)29)26-19-13-34-37(2)25(19)14-33-24(26)15-38-7-9-39-10-8-38/h3-6,11-14,35-36H,1,7-10,15H2,2H3. The minimum absolute atomic E-state index is 0.00434. The van der Waals surface area contributed by atoms with Crippen LogP contribution >= 0.6 is 0 Å². The fraction of sp³-hybridized carbons (Fsp3) is 0.259. The molecule has 0 amide bonds. The number of pyridine rings is 1. The van der Waals surface area contributed by atoms with Gasteiger partial charge in [0.1, 0.15) is 17.5 Å². The van der Waals surface area contributed by atoms with E-state index in [1.165, 1.54) is 12.1 Å². The number of nitrogens with one attached hydrogen (secondary N) is 2. The number of hydrogen-bond acceptors (Lipinski definition) is 6. The van der Waals surface area contributed by atoms with E-state index in [2.05, 4.69) is 32.2 Å². The van der Waals surface area contributed by atoms with Crippen LogP contribution in [0.15, 0.2) is 61.2 Å². The van der Waals surface area contributed by atoms with E-state index in [-0.39, 0.29) is 11.5 Å². The van der Waals surface area contributed by atoms with Gasteiger partial charge in [0.05, 0.1) is 53.8 Å². The van der Waals surface area contributed by atoms with Crippen LogP contribution in [-0.2, 0) is 24.5 Å². The van der Waals surface area contributed by atoms with Crippen molar-refractivity contribution in [1.29, 1.82) is 0 Å². The number of anilines is 2. The molecule has 0 radical (unpaired) electrons. The van der Waals surface area contributed by atoms with Gasteiger partial charge in [-0.1, -0.05) is 12.6 Å².